The first-order chi connectivity index (χ1) is 8.74. The zero-order valence-electron chi connectivity index (χ0n) is 9.61. The van der Waals surface area contributed by atoms with Crippen LogP contribution in [0.1, 0.15) is 11.1 Å². The van der Waals surface area contributed by atoms with Crippen molar-refractivity contribution in [1.82, 2.24) is 10.2 Å². The van der Waals surface area contributed by atoms with Crippen molar-refractivity contribution >= 4 is 17.3 Å². The first-order valence-corrected chi connectivity index (χ1v) is 6.18. The molecule has 1 aromatic heterocycles. The van der Waals surface area contributed by atoms with Gasteiger partial charge in [0.05, 0.1) is 11.9 Å². The lowest BCUT2D eigenvalue weighted by Gasteiger charge is -2.13. The summed E-state index contributed by atoms with van der Waals surface area (Å²) in [7, 11) is 0. The summed E-state index contributed by atoms with van der Waals surface area (Å²) in [6.07, 6.45) is 3.44. The Hall–Kier alpha value is -1.81. The van der Waals surface area contributed by atoms with Gasteiger partial charge in [-0.05, 0) is 24.0 Å². The van der Waals surface area contributed by atoms with Crippen LogP contribution < -0.4 is 10.9 Å². The first-order valence-electron chi connectivity index (χ1n) is 5.80. The van der Waals surface area contributed by atoms with Crippen LogP contribution in [-0.4, -0.2) is 16.2 Å². The number of nitrogens with one attached hydrogen (secondary N) is 2. The SMILES string of the molecule is O=c1[nH]ncc(NC2Cc3ccccc3C2)c1Cl. The quantitative estimate of drug-likeness (QED) is 0.869. The molecule has 0 unspecified atom stereocenters. The normalized spacial score (nSPS) is 14.5. The lowest BCUT2D eigenvalue weighted by Crippen LogP contribution is -2.22. The molecule has 0 radical (unpaired) electrons. The number of aromatic amines is 1. The van der Waals surface area contributed by atoms with E-state index in [-0.39, 0.29) is 16.6 Å². The van der Waals surface area contributed by atoms with E-state index in [1.165, 1.54) is 11.1 Å². The summed E-state index contributed by atoms with van der Waals surface area (Å²) in [6.45, 7) is 0. The van der Waals surface area contributed by atoms with E-state index in [1.807, 2.05) is 12.1 Å². The van der Waals surface area contributed by atoms with E-state index in [1.54, 1.807) is 6.20 Å². The van der Waals surface area contributed by atoms with Crippen LogP contribution in [0.3, 0.4) is 0 Å². The number of aromatic nitrogens is 2. The third-order valence-corrected chi connectivity index (χ3v) is 3.58. The van der Waals surface area contributed by atoms with Crippen molar-refractivity contribution in [3.05, 3.63) is 57.0 Å². The topological polar surface area (TPSA) is 57.8 Å². The lowest BCUT2D eigenvalue weighted by molar-refractivity contribution is 0.771. The summed E-state index contributed by atoms with van der Waals surface area (Å²) < 4.78 is 0. The molecule has 2 N–H and O–H groups in total. The highest BCUT2D eigenvalue weighted by atomic mass is 35.5. The van der Waals surface area contributed by atoms with Gasteiger partial charge in [0, 0.05) is 6.04 Å². The zero-order chi connectivity index (χ0) is 12.5. The number of rotatable bonds is 2. The van der Waals surface area contributed by atoms with Gasteiger partial charge in [-0.3, -0.25) is 4.79 Å². The number of fused-ring (bicyclic) bond motifs is 1. The second-order valence-corrected chi connectivity index (χ2v) is 4.82. The Balaban J connectivity index is 1.80. The third-order valence-electron chi connectivity index (χ3n) is 3.21. The highest BCUT2D eigenvalue weighted by molar-refractivity contribution is 6.32. The third kappa shape index (κ3) is 1.99. The Morgan fingerprint density at radius 1 is 1.28 bits per heavy atom. The maximum atomic E-state index is 11.3. The Morgan fingerprint density at radius 2 is 1.94 bits per heavy atom. The van der Waals surface area contributed by atoms with E-state index < -0.39 is 0 Å². The summed E-state index contributed by atoms with van der Waals surface area (Å²) in [4.78, 5) is 11.3. The van der Waals surface area contributed by atoms with Crippen LogP contribution in [0.2, 0.25) is 5.02 Å². The number of anilines is 1. The molecule has 1 aliphatic rings. The Labute approximate surface area is 109 Å². The average molecular weight is 262 g/mol. The molecule has 0 saturated heterocycles. The molecule has 4 nitrogen and oxygen atoms in total. The second-order valence-electron chi connectivity index (χ2n) is 4.45. The van der Waals surface area contributed by atoms with Crippen LogP contribution in [0.4, 0.5) is 5.69 Å². The minimum atomic E-state index is -0.364. The number of halogens is 1. The minimum absolute atomic E-state index is 0.168. The van der Waals surface area contributed by atoms with Gasteiger partial charge in [0.2, 0.25) is 0 Å². The average Bonchev–Trinajstić information content (AvgIpc) is 2.77. The van der Waals surface area contributed by atoms with Crippen LogP contribution in [0.25, 0.3) is 0 Å². The predicted octanol–water partition coefficient (Wildman–Crippen LogP) is 2.00. The molecule has 1 aromatic carbocycles. The van der Waals surface area contributed by atoms with Gasteiger partial charge < -0.3 is 5.32 Å². The van der Waals surface area contributed by atoms with Crippen molar-refractivity contribution in [2.75, 3.05) is 5.32 Å². The smallest absolute Gasteiger partial charge is 0.285 e. The molecule has 0 bridgehead atoms. The fraction of sp³-hybridized carbons (Fsp3) is 0.231. The summed E-state index contributed by atoms with van der Waals surface area (Å²) in [5.74, 6) is 0. The highest BCUT2D eigenvalue weighted by Gasteiger charge is 2.21. The number of hydrogen-bond acceptors (Lipinski definition) is 3. The molecule has 3 rings (SSSR count). The van der Waals surface area contributed by atoms with Crippen molar-refractivity contribution in [1.29, 1.82) is 0 Å². The minimum Gasteiger partial charge on any atom is -0.379 e. The van der Waals surface area contributed by atoms with Gasteiger partial charge in [-0.25, -0.2) is 5.10 Å². The molecule has 0 saturated carbocycles. The monoisotopic (exact) mass is 261 g/mol. The summed E-state index contributed by atoms with van der Waals surface area (Å²) in [5, 5.41) is 9.51. The number of hydrogen-bond donors (Lipinski definition) is 2. The van der Waals surface area contributed by atoms with Crippen LogP contribution in [0, 0.1) is 0 Å². The molecule has 1 heterocycles. The van der Waals surface area contributed by atoms with Crippen LogP contribution in [0.15, 0.2) is 35.3 Å². The maximum absolute atomic E-state index is 11.3. The molecule has 0 atom stereocenters. The summed E-state index contributed by atoms with van der Waals surface area (Å²) in [5.41, 5.74) is 2.93. The van der Waals surface area contributed by atoms with E-state index in [4.69, 9.17) is 11.6 Å². The van der Waals surface area contributed by atoms with Crippen LogP contribution >= 0.6 is 11.6 Å². The molecule has 5 heteroatoms. The number of nitrogens with zero attached hydrogens (tertiary/aromatic N) is 1. The van der Waals surface area contributed by atoms with E-state index in [2.05, 4.69) is 27.6 Å². The van der Waals surface area contributed by atoms with Crippen molar-refractivity contribution in [3.63, 3.8) is 0 Å². The Kier molecular flexibility index (Phi) is 2.80. The van der Waals surface area contributed by atoms with Gasteiger partial charge in [-0.15, -0.1) is 0 Å². The molecule has 18 heavy (non-hydrogen) atoms. The fourth-order valence-corrected chi connectivity index (χ4v) is 2.51. The molecule has 92 valence electrons. The molecular formula is C13H12ClN3O. The van der Waals surface area contributed by atoms with Crippen molar-refractivity contribution in [3.8, 4) is 0 Å². The van der Waals surface area contributed by atoms with Crippen LogP contribution in [0.5, 0.6) is 0 Å². The Morgan fingerprint density at radius 3 is 2.61 bits per heavy atom. The molecule has 0 amide bonds. The Bertz CT molecular complexity index is 613. The van der Waals surface area contributed by atoms with Gasteiger partial charge in [0.1, 0.15) is 5.02 Å². The van der Waals surface area contributed by atoms with Crippen molar-refractivity contribution < 1.29 is 0 Å². The number of H-pyrrole nitrogens is 1. The molecule has 2 aromatic rings. The summed E-state index contributed by atoms with van der Waals surface area (Å²) >= 11 is 5.94. The highest BCUT2D eigenvalue weighted by Crippen LogP contribution is 2.25. The number of benzene rings is 1. The largest absolute Gasteiger partial charge is 0.379 e. The molecule has 0 aliphatic heterocycles. The lowest BCUT2D eigenvalue weighted by atomic mass is 10.1. The van der Waals surface area contributed by atoms with Gasteiger partial charge >= 0.3 is 0 Å². The van der Waals surface area contributed by atoms with Gasteiger partial charge in [0.15, 0.2) is 0 Å². The maximum Gasteiger partial charge on any atom is 0.285 e. The molecular weight excluding hydrogens is 250 g/mol. The van der Waals surface area contributed by atoms with Crippen molar-refractivity contribution in [2.45, 2.75) is 18.9 Å². The predicted molar refractivity (Wildman–Crippen MR) is 71.1 cm³/mol. The molecule has 0 fully saturated rings. The second kappa shape index (κ2) is 4.46. The van der Waals surface area contributed by atoms with E-state index in [0.29, 0.717) is 5.69 Å². The first kappa shape index (κ1) is 11.3. The summed E-state index contributed by atoms with van der Waals surface area (Å²) in [6, 6.07) is 8.62. The van der Waals surface area contributed by atoms with Gasteiger partial charge in [-0.1, -0.05) is 35.9 Å². The zero-order valence-corrected chi connectivity index (χ0v) is 10.4. The van der Waals surface area contributed by atoms with Gasteiger partial charge in [0.25, 0.3) is 5.56 Å². The standard InChI is InChI=1S/C13H12ClN3O/c14-12-11(7-15-17-13(12)18)16-10-5-8-3-1-2-4-9(8)6-10/h1-4,7,10H,5-6H2,(H2,16,17,18). The molecule has 1 aliphatic carbocycles. The van der Waals surface area contributed by atoms with E-state index >= 15 is 0 Å². The van der Waals surface area contributed by atoms with Crippen LogP contribution in [-0.2, 0) is 12.8 Å². The van der Waals surface area contributed by atoms with E-state index in [9.17, 15) is 4.79 Å². The molecule has 0 spiro atoms. The van der Waals surface area contributed by atoms with E-state index in [0.717, 1.165) is 12.8 Å². The van der Waals surface area contributed by atoms with Crippen molar-refractivity contribution in [2.24, 2.45) is 0 Å². The fourth-order valence-electron chi connectivity index (χ4n) is 2.36. The van der Waals surface area contributed by atoms with Gasteiger partial charge in [-0.2, -0.15) is 5.10 Å².